The summed E-state index contributed by atoms with van der Waals surface area (Å²) in [6.45, 7) is 1.74. The van der Waals surface area contributed by atoms with Crippen molar-refractivity contribution in [3.63, 3.8) is 0 Å². The molecule has 3 amide bonds. The molecular weight excluding hydrogens is 428 g/mol. The molecule has 0 saturated carbocycles. The number of β-amino-alcohol motifs (C(OH)–C–C–N with tert-alkyl or cyclic N) is 1. The van der Waals surface area contributed by atoms with E-state index in [1.807, 2.05) is 18.2 Å². The summed E-state index contributed by atoms with van der Waals surface area (Å²) >= 11 is 3.35. The van der Waals surface area contributed by atoms with Crippen molar-refractivity contribution in [2.75, 3.05) is 13.3 Å². The molecule has 2 aromatic rings. The second-order valence-corrected chi connectivity index (χ2v) is 8.03. The van der Waals surface area contributed by atoms with Crippen molar-refractivity contribution >= 4 is 27.9 Å². The highest BCUT2D eigenvalue weighted by molar-refractivity contribution is 9.10. The Hall–Kier alpha value is -2.58. The molecule has 1 saturated heterocycles. The van der Waals surface area contributed by atoms with Gasteiger partial charge in [-0.05, 0) is 42.3 Å². The zero-order valence-electron chi connectivity index (χ0n) is 15.1. The lowest BCUT2D eigenvalue weighted by Crippen LogP contribution is -2.46. The number of urea groups is 1. The molecule has 2 aliphatic rings. The number of ether oxygens (including phenoxy) is 2. The number of fused-ring (bicyclic) bond motifs is 1. The van der Waals surface area contributed by atoms with Crippen LogP contribution in [0.3, 0.4) is 0 Å². The predicted molar refractivity (Wildman–Crippen MR) is 104 cm³/mol. The first kappa shape index (κ1) is 18.8. The van der Waals surface area contributed by atoms with Crippen molar-refractivity contribution in [2.45, 2.75) is 25.0 Å². The maximum absolute atomic E-state index is 13.0. The van der Waals surface area contributed by atoms with Crippen molar-refractivity contribution in [1.82, 2.24) is 10.2 Å². The van der Waals surface area contributed by atoms with Crippen LogP contribution >= 0.6 is 15.9 Å². The van der Waals surface area contributed by atoms with Crippen LogP contribution in [0.25, 0.3) is 0 Å². The molecule has 2 N–H and O–H groups in total. The van der Waals surface area contributed by atoms with E-state index >= 15 is 0 Å². The lowest BCUT2D eigenvalue weighted by molar-refractivity contribution is -0.131. The molecule has 0 aromatic heterocycles. The molecule has 7 nitrogen and oxygen atoms in total. The fourth-order valence-corrected chi connectivity index (χ4v) is 3.90. The summed E-state index contributed by atoms with van der Waals surface area (Å²) in [7, 11) is 0. The SMILES string of the molecule is C[C@]1(Cc2ccc3c(c2)OCO3)NC(=O)N(C[C@@H](O)c2cccc(Br)c2)C1=O. The summed E-state index contributed by atoms with van der Waals surface area (Å²) in [6, 6.07) is 12.1. The minimum atomic E-state index is -1.10. The molecule has 0 spiro atoms. The second-order valence-electron chi connectivity index (χ2n) is 7.11. The number of aliphatic hydroxyl groups excluding tert-OH is 1. The van der Waals surface area contributed by atoms with E-state index in [2.05, 4.69) is 21.2 Å². The number of hydrogen-bond acceptors (Lipinski definition) is 5. The second kappa shape index (κ2) is 7.10. The number of benzene rings is 2. The largest absolute Gasteiger partial charge is 0.454 e. The van der Waals surface area contributed by atoms with Crippen LogP contribution in [0.2, 0.25) is 0 Å². The average Bonchev–Trinajstić information content (AvgIpc) is 3.19. The van der Waals surface area contributed by atoms with Gasteiger partial charge in [-0.15, -0.1) is 0 Å². The minimum absolute atomic E-state index is 0.113. The Labute approximate surface area is 170 Å². The van der Waals surface area contributed by atoms with E-state index in [4.69, 9.17) is 9.47 Å². The van der Waals surface area contributed by atoms with Gasteiger partial charge >= 0.3 is 6.03 Å². The molecule has 2 aliphatic heterocycles. The summed E-state index contributed by atoms with van der Waals surface area (Å²) in [5.74, 6) is 0.915. The summed E-state index contributed by atoms with van der Waals surface area (Å²) in [6.07, 6.45) is -0.669. The normalized spacial score (nSPS) is 21.8. The molecule has 0 unspecified atom stereocenters. The van der Waals surface area contributed by atoms with Crippen LogP contribution in [0.4, 0.5) is 4.79 Å². The number of carbonyl (C=O) groups is 2. The topological polar surface area (TPSA) is 88.1 Å². The van der Waals surface area contributed by atoms with Gasteiger partial charge < -0.3 is 19.9 Å². The zero-order valence-corrected chi connectivity index (χ0v) is 16.7. The lowest BCUT2D eigenvalue weighted by Gasteiger charge is -2.23. The molecule has 0 radical (unpaired) electrons. The highest BCUT2D eigenvalue weighted by Crippen LogP contribution is 2.34. The standard InChI is InChI=1S/C20H19BrN2O5/c1-20(9-12-5-6-16-17(7-12)28-11-27-16)18(25)23(19(26)22-20)10-15(24)13-3-2-4-14(21)8-13/h2-8,15,24H,9-11H2,1H3,(H,22,26)/t15-,20-/m1/s1. The van der Waals surface area contributed by atoms with E-state index < -0.39 is 17.7 Å². The van der Waals surface area contributed by atoms with E-state index in [9.17, 15) is 14.7 Å². The monoisotopic (exact) mass is 446 g/mol. The molecule has 2 aromatic carbocycles. The van der Waals surface area contributed by atoms with Gasteiger partial charge in [0.25, 0.3) is 5.91 Å². The predicted octanol–water partition coefficient (Wildman–Crippen LogP) is 2.76. The van der Waals surface area contributed by atoms with Crippen LogP contribution in [0.5, 0.6) is 11.5 Å². The molecule has 146 valence electrons. The highest BCUT2D eigenvalue weighted by atomic mass is 79.9. The van der Waals surface area contributed by atoms with Crippen LogP contribution in [-0.2, 0) is 11.2 Å². The van der Waals surface area contributed by atoms with Crippen molar-refractivity contribution in [1.29, 1.82) is 0 Å². The number of amides is 3. The lowest BCUT2D eigenvalue weighted by atomic mass is 9.92. The first-order valence-electron chi connectivity index (χ1n) is 8.82. The molecule has 8 heteroatoms. The van der Waals surface area contributed by atoms with E-state index in [0.717, 1.165) is 14.9 Å². The molecular formula is C20H19BrN2O5. The van der Waals surface area contributed by atoms with Gasteiger partial charge in [0.2, 0.25) is 6.79 Å². The first-order chi connectivity index (χ1) is 13.4. The van der Waals surface area contributed by atoms with Gasteiger partial charge in [0.05, 0.1) is 12.6 Å². The Bertz CT molecular complexity index is 950. The van der Waals surface area contributed by atoms with Crippen molar-refractivity contribution in [3.05, 3.63) is 58.1 Å². The quantitative estimate of drug-likeness (QED) is 0.689. The average molecular weight is 447 g/mol. The number of carbonyl (C=O) groups excluding carboxylic acids is 2. The number of imide groups is 1. The fourth-order valence-electron chi connectivity index (χ4n) is 3.48. The Morgan fingerprint density at radius 3 is 2.79 bits per heavy atom. The Kier molecular flexibility index (Phi) is 4.76. The van der Waals surface area contributed by atoms with Gasteiger partial charge in [-0.25, -0.2) is 4.79 Å². The van der Waals surface area contributed by atoms with Gasteiger partial charge in [0.15, 0.2) is 11.5 Å². The summed E-state index contributed by atoms with van der Waals surface area (Å²) < 4.78 is 11.5. The number of hydrogen-bond donors (Lipinski definition) is 2. The van der Waals surface area contributed by atoms with Gasteiger partial charge in [-0.2, -0.15) is 0 Å². The molecule has 0 bridgehead atoms. The van der Waals surface area contributed by atoms with Crippen LogP contribution in [0.1, 0.15) is 24.2 Å². The van der Waals surface area contributed by atoms with E-state index in [-0.39, 0.29) is 19.2 Å². The van der Waals surface area contributed by atoms with Crippen LogP contribution in [0, 0.1) is 0 Å². The first-order valence-corrected chi connectivity index (χ1v) is 9.61. The number of aliphatic hydroxyl groups is 1. The molecule has 2 atom stereocenters. The highest BCUT2D eigenvalue weighted by Gasteiger charge is 2.48. The van der Waals surface area contributed by atoms with Crippen molar-refractivity contribution < 1.29 is 24.2 Å². The Morgan fingerprint density at radius 1 is 1.21 bits per heavy atom. The number of rotatable bonds is 5. The third-order valence-electron chi connectivity index (χ3n) is 4.93. The van der Waals surface area contributed by atoms with Crippen molar-refractivity contribution in [3.8, 4) is 11.5 Å². The molecule has 4 rings (SSSR count). The van der Waals surface area contributed by atoms with E-state index in [1.165, 1.54) is 0 Å². The number of halogens is 1. The Morgan fingerprint density at radius 2 is 2.00 bits per heavy atom. The molecule has 1 fully saturated rings. The van der Waals surface area contributed by atoms with Gasteiger partial charge in [-0.3, -0.25) is 9.69 Å². The van der Waals surface area contributed by atoms with E-state index in [1.54, 1.807) is 31.2 Å². The molecule has 28 heavy (non-hydrogen) atoms. The Balaban J connectivity index is 1.49. The van der Waals surface area contributed by atoms with Gasteiger partial charge in [0.1, 0.15) is 5.54 Å². The van der Waals surface area contributed by atoms with Crippen LogP contribution in [0.15, 0.2) is 46.9 Å². The third-order valence-corrected chi connectivity index (χ3v) is 5.42. The summed E-state index contributed by atoms with van der Waals surface area (Å²) in [4.78, 5) is 26.5. The zero-order chi connectivity index (χ0) is 19.9. The van der Waals surface area contributed by atoms with Gasteiger partial charge in [-0.1, -0.05) is 34.1 Å². The number of nitrogens with one attached hydrogen (secondary N) is 1. The summed E-state index contributed by atoms with van der Waals surface area (Å²) in [5, 5.41) is 13.2. The smallest absolute Gasteiger partial charge is 0.325 e. The van der Waals surface area contributed by atoms with Crippen LogP contribution in [-0.4, -0.2) is 40.8 Å². The molecule has 2 heterocycles. The van der Waals surface area contributed by atoms with Crippen LogP contribution < -0.4 is 14.8 Å². The van der Waals surface area contributed by atoms with E-state index in [0.29, 0.717) is 23.5 Å². The maximum Gasteiger partial charge on any atom is 0.325 e. The van der Waals surface area contributed by atoms with Crippen molar-refractivity contribution in [2.24, 2.45) is 0 Å². The number of nitrogens with zero attached hydrogens (tertiary/aromatic N) is 1. The summed E-state index contributed by atoms with van der Waals surface area (Å²) in [5.41, 5.74) is 0.371. The maximum atomic E-state index is 13.0. The molecule has 0 aliphatic carbocycles. The fraction of sp³-hybridized carbons (Fsp3) is 0.300. The third kappa shape index (κ3) is 3.45. The van der Waals surface area contributed by atoms with Gasteiger partial charge in [0, 0.05) is 10.9 Å². The minimum Gasteiger partial charge on any atom is -0.454 e.